The molecule has 2 N–H and O–H groups in total. The molecule has 5 nitrogen and oxygen atoms in total. The average Bonchev–Trinajstić information content (AvgIpc) is 2.37. The Morgan fingerprint density at radius 3 is 2.35 bits per heavy atom. The van der Waals surface area contributed by atoms with E-state index in [1.807, 2.05) is 0 Å². The Morgan fingerprint density at radius 1 is 1.40 bits per heavy atom. The third-order valence-corrected chi connectivity index (χ3v) is 2.30. The van der Waals surface area contributed by atoms with E-state index in [2.05, 4.69) is 10.1 Å². The van der Waals surface area contributed by atoms with Gasteiger partial charge in [0.25, 0.3) is 5.91 Å². The van der Waals surface area contributed by atoms with Gasteiger partial charge in [-0.2, -0.15) is 5.26 Å². The Bertz CT molecular complexity index is 522. The van der Waals surface area contributed by atoms with Crippen molar-refractivity contribution in [2.45, 2.75) is 18.8 Å². The molecule has 0 spiro atoms. The first-order valence-electron chi connectivity index (χ1n) is 5.39. The number of hydrogen-bond acceptors (Lipinski definition) is 4. The molecule has 0 aromatic heterocycles. The zero-order valence-electron chi connectivity index (χ0n) is 10.4. The van der Waals surface area contributed by atoms with Crippen LogP contribution in [0.4, 0.5) is 13.2 Å². The Labute approximate surface area is 112 Å². The molecule has 8 heteroatoms. The van der Waals surface area contributed by atoms with Gasteiger partial charge in [0.2, 0.25) is 0 Å². The summed E-state index contributed by atoms with van der Waals surface area (Å²) in [6.45, 7) is 0.719. The first-order valence-corrected chi connectivity index (χ1v) is 5.39. The number of aliphatic hydroxyl groups excluding tert-OH is 1. The van der Waals surface area contributed by atoms with Gasteiger partial charge in [-0.1, -0.05) is 0 Å². The number of carbonyl (C=O) groups is 1. The smallest absolute Gasteiger partial charge is 0.406 e. The van der Waals surface area contributed by atoms with E-state index in [1.54, 1.807) is 6.07 Å². The summed E-state index contributed by atoms with van der Waals surface area (Å²) >= 11 is 0. The first kappa shape index (κ1) is 15.8. The molecule has 108 valence electrons. The third-order valence-electron chi connectivity index (χ3n) is 2.30. The van der Waals surface area contributed by atoms with Crippen LogP contribution in [0.15, 0.2) is 24.3 Å². The Hall–Kier alpha value is -2.27. The molecule has 0 aliphatic carbocycles. The Balaban J connectivity index is 2.79. The largest absolute Gasteiger partial charge is 0.573 e. The molecule has 0 fully saturated rings. The van der Waals surface area contributed by atoms with Crippen molar-refractivity contribution in [3.05, 3.63) is 29.8 Å². The summed E-state index contributed by atoms with van der Waals surface area (Å²) in [5, 5.41) is 20.0. The second-order valence-electron chi connectivity index (χ2n) is 4.13. The highest BCUT2D eigenvalue weighted by atomic mass is 19.4. The summed E-state index contributed by atoms with van der Waals surface area (Å²) in [5.74, 6) is -1.15. The lowest BCUT2D eigenvalue weighted by molar-refractivity contribution is -0.274. The molecule has 1 atom stereocenters. The van der Waals surface area contributed by atoms with Crippen molar-refractivity contribution in [2.75, 3.05) is 6.61 Å². The van der Waals surface area contributed by atoms with Gasteiger partial charge in [0, 0.05) is 5.56 Å². The second kappa shape index (κ2) is 5.79. The van der Waals surface area contributed by atoms with Crippen molar-refractivity contribution in [3.8, 4) is 11.8 Å². The van der Waals surface area contributed by atoms with E-state index in [0.717, 1.165) is 24.3 Å². The monoisotopic (exact) mass is 288 g/mol. The van der Waals surface area contributed by atoms with Gasteiger partial charge in [-0.25, -0.2) is 0 Å². The third kappa shape index (κ3) is 4.44. The van der Waals surface area contributed by atoms with Gasteiger partial charge < -0.3 is 15.2 Å². The molecular formula is C12H11F3N2O3. The highest BCUT2D eigenvalue weighted by Crippen LogP contribution is 2.22. The van der Waals surface area contributed by atoms with Crippen LogP contribution < -0.4 is 10.1 Å². The summed E-state index contributed by atoms with van der Waals surface area (Å²) in [5.41, 5.74) is -1.42. The molecule has 1 rings (SSSR count). The van der Waals surface area contributed by atoms with Gasteiger partial charge in [-0.05, 0) is 31.2 Å². The van der Waals surface area contributed by atoms with Crippen LogP contribution >= 0.6 is 0 Å². The molecule has 1 aromatic rings. The van der Waals surface area contributed by atoms with Gasteiger partial charge in [-0.15, -0.1) is 13.2 Å². The number of nitrogens with one attached hydrogen (secondary N) is 1. The molecule has 0 saturated heterocycles. The maximum Gasteiger partial charge on any atom is 0.573 e. The molecule has 0 aliphatic rings. The van der Waals surface area contributed by atoms with Gasteiger partial charge in [0.1, 0.15) is 11.3 Å². The second-order valence-corrected chi connectivity index (χ2v) is 4.13. The van der Waals surface area contributed by atoms with Crippen molar-refractivity contribution >= 4 is 5.91 Å². The van der Waals surface area contributed by atoms with E-state index in [4.69, 9.17) is 10.4 Å². The number of alkyl halides is 3. The Morgan fingerprint density at radius 2 is 1.95 bits per heavy atom. The molecule has 0 heterocycles. The van der Waals surface area contributed by atoms with Crippen molar-refractivity contribution < 1.29 is 27.8 Å². The fourth-order valence-electron chi connectivity index (χ4n) is 1.23. The number of ether oxygens (including phenoxy) is 1. The minimum Gasteiger partial charge on any atom is -0.406 e. The Kier molecular flexibility index (Phi) is 4.57. The zero-order chi connectivity index (χ0) is 15.4. The van der Waals surface area contributed by atoms with Crippen molar-refractivity contribution in [1.29, 1.82) is 5.26 Å². The van der Waals surface area contributed by atoms with E-state index in [-0.39, 0.29) is 5.56 Å². The zero-order valence-corrected chi connectivity index (χ0v) is 10.4. The van der Waals surface area contributed by atoms with Crippen molar-refractivity contribution in [3.63, 3.8) is 0 Å². The van der Waals surface area contributed by atoms with Crippen LogP contribution in [-0.2, 0) is 0 Å². The molecule has 20 heavy (non-hydrogen) atoms. The number of amides is 1. The predicted octanol–water partition coefficient (Wildman–Crippen LogP) is 1.59. The summed E-state index contributed by atoms with van der Waals surface area (Å²) in [6.07, 6.45) is -4.81. The van der Waals surface area contributed by atoms with E-state index < -0.39 is 30.2 Å². The summed E-state index contributed by atoms with van der Waals surface area (Å²) < 4.78 is 39.5. The minimum absolute atomic E-state index is 0.0365. The number of rotatable bonds is 4. The van der Waals surface area contributed by atoms with Crippen LogP contribution in [0.2, 0.25) is 0 Å². The normalized spacial score (nSPS) is 14.0. The summed E-state index contributed by atoms with van der Waals surface area (Å²) in [6, 6.07) is 5.90. The molecule has 1 unspecified atom stereocenters. The van der Waals surface area contributed by atoms with Gasteiger partial charge >= 0.3 is 6.36 Å². The summed E-state index contributed by atoms with van der Waals surface area (Å²) in [4.78, 5) is 11.7. The fraction of sp³-hybridized carbons (Fsp3) is 0.333. The number of carbonyl (C=O) groups excluding carboxylic acids is 1. The number of aliphatic hydroxyl groups is 1. The van der Waals surface area contributed by atoms with Crippen LogP contribution in [0, 0.1) is 11.3 Å². The molecule has 0 aliphatic heterocycles. The van der Waals surface area contributed by atoms with Crippen LogP contribution in [0.1, 0.15) is 17.3 Å². The highest BCUT2D eigenvalue weighted by molar-refractivity contribution is 5.95. The van der Waals surface area contributed by atoms with E-state index >= 15 is 0 Å². The lowest BCUT2D eigenvalue weighted by atomic mass is 10.1. The lowest BCUT2D eigenvalue weighted by Gasteiger charge is -2.20. The van der Waals surface area contributed by atoms with E-state index in [0.29, 0.717) is 0 Å². The summed E-state index contributed by atoms with van der Waals surface area (Å²) in [7, 11) is 0. The molecule has 0 bridgehead atoms. The first-order chi connectivity index (χ1) is 9.19. The molecule has 0 saturated carbocycles. The van der Waals surface area contributed by atoms with Gasteiger partial charge in [0.15, 0.2) is 0 Å². The number of halogens is 3. The number of benzene rings is 1. The predicted molar refractivity (Wildman–Crippen MR) is 61.7 cm³/mol. The topological polar surface area (TPSA) is 82.4 Å². The highest BCUT2D eigenvalue weighted by Gasteiger charge is 2.31. The average molecular weight is 288 g/mol. The quantitative estimate of drug-likeness (QED) is 0.881. The molecule has 1 aromatic carbocycles. The fourth-order valence-corrected chi connectivity index (χ4v) is 1.23. The molecule has 0 radical (unpaired) electrons. The van der Waals surface area contributed by atoms with Gasteiger partial charge in [0.05, 0.1) is 12.7 Å². The SMILES string of the molecule is CC(C#N)(CO)NC(=O)c1ccc(OC(F)(F)F)cc1. The molecule has 1 amide bonds. The number of nitrogens with zero attached hydrogens (tertiary/aromatic N) is 1. The van der Waals surface area contributed by atoms with Crippen LogP contribution in [0.25, 0.3) is 0 Å². The van der Waals surface area contributed by atoms with Gasteiger partial charge in [-0.3, -0.25) is 4.79 Å². The number of hydrogen-bond donors (Lipinski definition) is 2. The van der Waals surface area contributed by atoms with Crippen molar-refractivity contribution in [2.24, 2.45) is 0 Å². The van der Waals surface area contributed by atoms with E-state index in [1.165, 1.54) is 6.92 Å². The van der Waals surface area contributed by atoms with Crippen LogP contribution in [-0.4, -0.2) is 29.5 Å². The standard InChI is InChI=1S/C12H11F3N2O3/c1-11(6-16,7-18)17-10(19)8-2-4-9(5-3-8)20-12(13,14)15/h2-5,18H,7H2,1H3,(H,17,19). The molecular weight excluding hydrogens is 277 g/mol. The maximum atomic E-state index is 11.9. The maximum absolute atomic E-state index is 11.9. The van der Waals surface area contributed by atoms with Crippen LogP contribution in [0.3, 0.4) is 0 Å². The minimum atomic E-state index is -4.81. The van der Waals surface area contributed by atoms with Crippen molar-refractivity contribution in [1.82, 2.24) is 5.32 Å². The van der Waals surface area contributed by atoms with E-state index in [9.17, 15) is 18.0 Å². The lowest BCUT2D eigenvalue weighted by Crippen LogP contribution is -2.47. The van der Waals surface area contributed by atoms with Crippen LogP contribution in [0.5, 0.6) is 5.75 Å². The number of nitriles is 1.